The molecule has 2 aliphatic carbocycles. The van der Waals surface area contributed by atoms with Gasteiger partial charge in [-0.2, -0.15) is 0 Å². The van der Waals surface area contributed by atoms with Crippen LogP contribution in [0.3, 0.4) is 0 Å². The van der Waals surface area contributed by atoms with Crippen molar-refractivity contribution in [2.24, 2.45) is 0 Å². The quantitative estimate of drug-likeness (QED) is 0.193. The number of rotatable bonds is 4. The first-order chi connectivity index (χ1) is 22.8. The van der Waals surface area contributed by atoms with Gasteiger partial charge in [0.05, 0.1) is 0 Å². The van der Waals surface area contributed by atoms with Gasteiger partial charge in [-0.25, -0.2) is 0 Å². The SMILES string of the molecule is CC1(C)c2ccccc2-c2cc(N(c3ccc(-c4ccccc4)cc3)c3ccc4ccc5c(c4c3)-c3ccccc3C5(C)C)ccc21. The minimum atomic E-state index is -0.0384. The highest BCUT2D eigenvalue weighted by molar-refractivity contribution is 6.04. The van der Waals surface area contributed by atoms with E-state index in [0.717, 1.165) is 17.1 Å². The van der Waals surface area contributed by atoms with Crippen LogP contribution in [0.25, 0.3) is 44.2 Å². The van der Waals surface area contributed by atoms with Crippen LogP contribution in [0.5, 0.6) is 0 Å². The number of hydrogen-bond donors (Lipinski definition) is 0. The molecule has 0 unspecified atom stereocenters. The Morgan fingerprint density at radius 2 is 0.894 bits per heavy atom. The lowest BCUT2D eigenvalue weighted by Gasteiger charge is -2.28. The zero-order valence-corrected chi connectivity index (χ0v) is 27.4. The van der Waals surface area contributed by atoms with Gasteiger partial charge in [0.2, 0.25) is 0 Å². The topological polar surface area (TPSA) is 3.24 Å². The van der Waals surface area contributed by atoms with Crippen LogP contribution in [0.15, 0.2) is 152 Å². The van der Waals surface area contributed by atoms with Crippen molar-refractivity contribution >= 4 is 27.8 Å². The molecule has 0 amide bonds. The van der Waals surface area contributed by atoms with Gasteiger partial charge in [0.1, 0.15) is 0 Å². The van der Waals surface area contributed by atoms with Crippen LogP contribution in [0.1, 0.15) is 49.9 Å². The number of hydrogen-bond acceptors (Lipinski definition) is 1. The highest BCUT2D eigenvalue weighted by Gasteiger charge is 2.37. The fourth-order valence-electron chi connectivity index (χ4n) is 8.38. The molecule has 0 saturated carbocycles. The monoisotopic (exact) mass is 603 g/mol. The van der Waals surface area contributed by atoms with Crippen molar-refractivity contribution in [2.75, 3.05) is 4.90 Å². The van der Waals surface area contributed by atoms with Crippen LogP contribution in [0.2, 0.25) is 0 Å². The number of benzene rings is 7. The second-order valence-electron chi connectivity index (χ2n) is 14.2. The molecule has 1 heteroatoms. The Labute approximate surface area is 277 Å². The van der Waals surface area contributed by atoms with Crippen LogP contribution in [-0.2, 0) is 10.8 Å². The molecule has 0 spiro atoms. The van der Waals surface area contributed by atoms with E-state index < -0.39 is 0 Å². The van der Waals surface area contributed by atoms with Crippen molar-refractivity contribution in [1.29, 1.82) is 0 Å². The summed E-state index contributed by atoms with van der Waals surface area (Å²) in [5.74, 6) is 0. The highest BCUT2D eigenvalue weighted by atomic mass is 15.1. The third kappa shape index (κ3) is 4.09. The summed E-state index contributed by atoms with van der Waals surface area (Å²) in [4.78, 5) is 2.44. The van der Waals surface area contributed by atoms with E-state index in [1.807, 2.05) is 0 Å². The number of anilines is 3. The normalized spacial score (nSPS) is 14.7. The smallest absolute Gasteiger partial charge is 0.0468 e. The molecule has 0 fully saturated rings. The van der Waals surface area contributed by atoms with Gasteiger partial charge in [-0.05, 0) is 103 Å². The van der Waals surface area contributed by atoms with E-state index in [1.165, 1.54) is 66.4 Å². The van der Waals surface area contributed by atoms with E-state index in [2.05, 4.69) is 184 Å². The van der Waals surface area contributed by atoms with Crippen molar-refractivity contribution in [3.63, 3.8) is 0 Å². The summed E-state index contributed by atoms with van der Waals surface area (Å²) in [6, 6.07) is 56.3. The van der Waals surface area contributed by atoms with Crippen molar-refractivity contribution in [2.45, 2.75) is 38.5 Å². The lowest BCUT2D eigenvalue weighted by atomic mass is 9.82. The Hall–Kier alpha value is -5.40. The van der Waals surface area contributed by atoms with Crippen LogP contribution < -0.4 is 4.90 Å². The van der Waals surface area contributed by atoms with Gasteiger partial charge in [-0.15, -0.1) is 0 Å². The van der Waals surface area contributed by atoms with Crippen LogP contribution in [0.4, 0.5) is 17.1 Å². The molecule has 7 aromatic rings. The van der Waals surface area contributed by atoms with Crippen molar-refractivity contribution in [3.8, 4) is 33.4 Å². The average Bonchev–Trinajstić information content (AvgIpc) is 3.49. The summed E-state index contributed by atoms with van der Waals surface area (Å²) in [5.41, 5.74) is 16.8. The van der Waals surface area contributed by atoms with Crippen molar-refractivity contribution in [3.05, 3.63) is 174 Å². The van der Waals surface area contributed by atoms with E-state index >= 15 is 0 Å². The molecule has 0 atom stereocenters. The predicted octanol–water partition coefficient (Wildman–Crippen LogP) is 12.6. The molecule has 0 N–H and O–H groups in total. The summed E-state index contributed by atoms with van der Waals surface area (Å²) in [6.07, 6.45) is 0. The Kier molecular flexibility index (Phi) is 5.96. The third-order valence-electron chi connectivity index (χ3n) is 10.9. The maximum atomic E-state index is 2.44. The zero-order chi connectivity index (χ0) is 31.9. The summed E-state index contributed by atoms with van der Waals surface area (Å²) in [7, 11) is 0. The zero-order valence-electron chi connectivity index (χ0n) is 27.4. The average molecular weight is 604 g/mol. The number of nitrogens with zero attached hydrogens (tertiary/aromatic N) is 1. The van der Waals surface area contributed by atoms with E-state index in [4.69, 9.17) is 0 Å². The van der Waals surface area contributed by atoms with Crippen LogP contribution in [-0.4, -0.2) is 0 Å². The van der Waals surface area contributed by atoms with Crippen LogP contribution in [0, 0.1) is 0 Å². The molecule has 0 aromatic heterocycles. The second kappa shape index (κ2) is 10.0. The maximum Gasteiger partial charge on any atom is 0.0468 e. The Bertz CT molecular complexity index is 2340. The molecule has 9 rings (SSSR count). The summed E-state index contributed by atoms with van der Waals surface area (Å²) >= 11 is 0. The van der Waals surface area contributed by atoms with E-state index in [0.29, 0.717) is 0 Å². The van der Waals surface area contributed by atoms with Gasteiger partial charge >= 0.3 is 0 Å². The second-order valence-corrected chi connectivity index (χ2v) is 14.2. The molecule has 0 radical (unpaired) electrons. The largest absolute Gasteiger partial charge is 0.310 e. The lowest BCUT2D eigenvalue weighted by Crippen LogP contribution is -2.15. The van der Waals surface area contributed by atoms with Gasteiger partial charge < -0.3 is 4.90 Å². The summed E-state index contributed by atoms with van der Waals surface area (Å²) in [5, 5.41) is 2.57. The van der Waals surface area contributed by atoms with Gasteiger partial charge in [0, 0.05) is 27.9 Å². The fourth-order valence-corrected chi connectivity index (χ4v) is 8.38. The molecule has 0 aliphatic heterocycles. The van der Waals surface area contributed by atoms with Gasteiger partial charge in [0.15, 0.2) is 0 Å². The minimum absolute atomic E-state index is 0.0314. The predicted molar refractivity (Wildman–Crippen MR) is 199 cm³/mol. The number of fused-ring (bicyclic) bond motifs is 8. The van der Waals surface area contributed by atoms with Crippen molar-refractivity contribution in [1.82, 2.24) is 0 Å². The first-order valence-corrected chi connectivity index (χ1v) is 16.7. The molecular weight excluding hydrogens is 567 g/mol. The Balaban J connectivity index is 1.26. The van der Waals surface area contributed by atoms with Crippen LogP contribution >= 0.6 is 0 Å². The van der Waals surface area contributed by atoms with E-state index in [9.17, 15) is 0 Å². The Morgan fingerprint density at radius 1 is 0.383 bits per heavy atom. The Morgan fingerprint density at radius 3 is 1.66 bits per heavy atom. The summed E-state index contributed by atoms with van der Waals surface area (Å²) < 4.78 is 0. The maximum absolute atomic E-state index is 2.44. The van der Waals surface area contributed by atoms with Gasteiger partial charge in [-0.3, -0.25) is 0 Å². The van der Waals surface area contributed by atoms with Gasteiger partial charge in [0.25, 0.3) is 0 Å². The fraction of sp³-hybridized carbons (Fsp3) is 0.130. The highest BCUT2D eigenvalue weighted by Crippen LogP contribution is 2.53. The molecular formula is C46H37N. The molecule has 0 bridgehead atoms. The van der Waals surface area contributed by atoms with E-state index in [1.54, 1.807) is 0 Å². The molecule has 1 nitrogen and oxygen atoms in total. The molecule has 2 aliphatic rings. The van der Waals surface area contributed by atoms with Gasteiger partial charge in [-0.1, -0.05) is 143 Å². The third-order valence-corrected chi connectivity index (χ3v) is 10.9. The minimum Gasteiger partial charge on any atom is -0.310 e. The molecule has 0 heterocycles. The summed E-state index contributed by atoms with van der Waals surface area (Å²) in [6.45, 7) is 9.41. The molecule has 0 saturated heterocycles. The first kappa shape index (κ1) is 27.9. The lowest BCUT2D eigenvalue weighted by molar-refractivity contribution is 0.660. The van der Waals surface area contributed by atoms with E-state index in [-0.39, 0.29) is 10.8 Å². The molecule has 47 heavy (non-hydrogen) atoms. The molecule has 7 aromatic carbocycles. The molecule has 226 valence electrons. The first-order valence-electron chi connectivity index (χ1n) is 16.7. The standard InChI is InChI=1S/C46H37N/c1-45(2)40-16-10-8-14-36(40)39-29-35(25-27-42(39)45)47(33-22-18-31(19-23-33)30-12-6-5-7-13-30)34-24-20-32-21-26-43-44(38(32)28-34)37-15-9-11-17-41(37)46(43,3)4/h5-29H,1-4H3. The van der Waals surface area contributed by atoms with Crippen molar-refractivity contribution < 1.29 is 0 Å².